The predicted octanol–water partition coefficient (Wildman–Crippen LogP) is 1.46. The number of ether oxygens (including phenoxy) is 1. The van der Waals surface area contributed by atoms with Gasteiger partial charge < -0.3 is 24.5 Å². The molecule has 2 fully saturated rings. The lowest BCUT2D eigenvalue weighted by molar-refractivity contribution is -0.136. The van der Waals surface area contributed by atoms with Crippen molar-refractivity contribution < 1.29 is 33.8 Å². The number of rotatable bonds is 5. The van der Waals surface area contributed by atoms with E-state index >= 15 is 0 Å². The average molecular weight is 507 g/mol. The summed E-state index contributed by atoms with van der Waals surface area (Å²) in [5, 5.41) is 11.4. The molecule has 11 heteroatoms. The molecule has 0 bridgehead atoms. The molecule has 1 unspecified atom stereocenters. The maximum atomic E-state index is 13.0. The normalized spacial score (nSPS) is 19.5. The molecule has 37 heavy (non-hydrogen) atoms. The maximum Gasteiger partial charge on any atom is 0.407 e. The molecule has 192 valence electrons. The number of carbonyl (C=O) groups is 5. The fourth-order valence-electron chi connectivity index (χ4n) is 4.88. The lowest BCUT2D eigenvalue weighted by Crippen LogP contribution is -2.52. The summed E-state index contributed by atoms with van der Waals surface area (Å²) >= 11 is 0. The molecule has 11 nitrogen and oxygen atoms in total. The topological polar surface area (TPSA) is 137 Å². The van der Waals surface area contributed by atoms with Crippen LogP contribution in [-0.4, -0.2) is 81.7 Å². The zero-order valence-corrected chi connectivity index (χ0v) is 20.0. The molecule has 2 saturated heterocycles. The Morgan fingerprint density at radius 1 is 0.973 bits per heavy atom. The number of amides is 5. The van der Waals surface area contributed by atoms with Gasteiger partial charge in [0, 0.05) is 49.3 Å². The smallest absolute Gasteiger partial charge is 0.407 e. The SMILES string of the molecule is O=C1CCC(N2Cc3c(OCc4ccc(C(=O)N5CCN(C(=O)O)CC5)cc4)cccc3C2=O)C(=O)N1. The number of benzene rings is 2. The Morgan fingerprint density at radius 2 is 1.68 bits per heavy atom. The third-order valence-corrected chi connectivity index (χ3v) is 6.97. The Balaban J connectivity index is 1.21. The molecule has 0 radical (unpaired) electrons. The molecule has 3 aliphatic heterocycles. The van der Waals surface area contributed by atoms with E-state index in [4.69, 9.17) is 9.84 Å². The second-order valence-electron chi connectivity index (χ2n) is 9.23. The summed E-state index contributed by atoms with van der Waals surface area (Å²) in [7, 11) is 0. The van der Waals surface area contributed by atoms with Gasteiger partial charge in [0.15, 0.2) is 0 Å². The summed E-state index contributed by atoms with van der Waals surface area (Å²) in [6, 6.07) is 11.5. The number of hydrogen-bond donors (Lipinski definition) is 2. The first-order chi connectivity index (χ1) is 17.8. The lowest BCUT2D eigenvalue weighted by Gasteiger charge is -2.33. The van der Waals surface area contributed by atoms with E-state index in [1.165, 1.54) is 9.80 Å². The molecule has 0 saturated carbocycles. The van der Waals surface area contributed by atoms with Gasteiger partial charge in [-0.25, -0.2) is 4.79 Å². The van der Waals surface area contributed by atoms with Crippen molar-refractivity contribution in [2.45, 2.75) is 32.0 Å². The largest absolute Gasteiger partial charge is 0.489 e. The predicted molar refractivity (Wildman–Crippen MR) is 129 cm³/mol. The third kappa shape index (κ3) is 4.84. The Bertz CT molecular complexity index is 1270. The van der Waals surface area contributed by atoms with Gasteiger partial charge >= 0.3 is 6.09 Å². The highest BCUT2D eigenvalue weighted by atomic mass is 16.5. The highest BCUT2D eigenvalue weighted by molar-refractivity contribution is 6.05. The van der Waals surface area contributed by atoms with Crippen molar-refractivity contribution in [3.63, 3.8) is 0 Å². The van der Waals surface area contributed by atoms with Crippen LogP contribution in [0.2, 0.25) is 0 Å². The standard InChI is InChI=1S/C26H26N4O7/c31-22-9-8-20(23(32)27-22)30-14-19-18(25(30)34)2-1-3-21(19)37-15-16-4-6-17(7-5-16)24(33)28-10-12-29(13-11-28)26(35)36/h1-7,20H,8-15H2,(H,35,36)(H,27,31,32). The van der Waals surface area contributed by atoms with E-state index in [1.54, 1.807) is 47.4 Å². The van der Waals surface area contributed by atoms with E-state index < -0.39 is 18.0 Å². The number of nitrogens with one attached hydrogen (secondary N) is 1. The van der Waals surface area contributed by atoms with Crippen LogP contribution in [0.25, 0.3) is 0 Å². The molecule has 0 aliphatic carbocycles. The number of carboxylic acid groups (broad SMARTS) is 1. The van der Waals surface area contributed by atoms with Crippen LogP contribution in [0.15, 0.2) is 42.5 Å². The summed E-state index contributed by atoms with van der Waals surface area (Å²) < 4.78 is 6.02. The molecule has 5 amide bonds. The average Bonchev–Trinajstić information content (AvgIpc) is 3.24. The summed E-state index contributed by atoms with van der Waals surface area (Å²) in [4.78, 5) is 65.0. The molecule has 5 rings (SSSR count). The number of hydrogen-bond acceptors (Lipinski definition) is 6. The molecule has 1 atom stereocenters. The lowest BCUT2D eigenvalue weighted by atomic mass is 10.0. The fourth-order valence-corrected chi connectivity index (χ4v) is 4.88. The minimum atomic E-state index is -0.978. The van der Waals surface area contributed by atoms with Gasteiger partial charge in [-0.2, -0.15) is 0 Å². The van der Waals surface area contributed by atoms with Crippen molar-refractivity contribution in [3.8, 4) is 5.75 Å². The first-order valence-electron chi connectivity index (χ1n) is 12.1. The monoisotopic (exact) mass is 506 g/mol. The van der Waals surface area contributed by atoms with Crippen LogP contribution in [0.1, 0.15) is 44.7 Å². The van der Waals surface area contributed by atoms with E-state index in [0.717, 1.165) is 5.56 Å². The van der Waals surface area contributed by atoms with E-state index in [9.17, 15) is 24.0 Å². The number of nitrogens with zero attached hydrogens (tertiary/aromatic N) is 3. The molecular formula is C26H26N4O7. The highest BCUT2D eigenvalue weighted by Crippen LogP contribution is 2.34. The number of imide groups is 1. The Hall–Kier alpha value is -4.41. The number of piperazine rings is 1. The molecule has 2 aromatic rings. The van der Waals surface area contributed by atoms with Gasteiger partial charge in [-0.3, -0.25) is 24.5 Å². The van der Waals surface area contributed by atoms with Crippen molar-refractivity contribution in [1.29, 1.82) is 0 Å². The molecule has 2 N–H and O–H groups in total. The molecular weight excluding hydrogens is 480 g/mol. The van der Waals surface area contributed by atoms with Gasteiger partial charge in [-0.15, -0.1) is 0 Å². The van der Waals surface area contributed by atoms with Crippen molar-refractivity contribution in [2.24, 2.45) is 0 Å². The van der Waals surface area contributed by atoms with Gasteiger partial charge in [0.25, 0.3) is 11.8 Å². The maximum absolute atomic E-state index is 13.0. The van der Waals surface area contributed by atoms with Crippen LogP contribution >= 0.6 is 0 Å². The van der Waals surface area contributed by atoms with E-state index in [-0.39, 0.29) is 50.4 Å². The van der Waals surface area contributed by atoms with Crippen LogP contribution in [0.4, 0.5) is 4.79 Å². The van der Waals surface area contributed by atoms with Gasteiger partial charge in [-0.05, 0) is 36.2 Å². The minimum Gasteiger partial charge on any atom is -0.489 e. The summed E-state index contributed by atoms with van der Waals surface area (Å²) in [5.41, 5.74) is 2.52. The van der Waals surface area contributed by atoms with Gasteiger partial charge in [0.2, 0.25) is 11.8 Å². The summed E-state index contributed by atoms with van der Waals surface area (Å²) in [6.45, 7) is 1.72. The molecule has 0 aromatic heterocycles. The molecule has 0 spiro atoms. The van der Waals surface area contributed by atoms with Crippen LogP contribution in [-0.2, 0) is 22.7 Å². The van der Waals surface area contributed by atoms with Gasteiger partial charge in [0.05, 0.1) is 6.54 Å². The first kappa shape index (κ1) is 24.3. The van der Waals surface area contributed by atoms with E-state index in [1.807, 2.05) is 0 Å². The fraction of sp³-hybridized carbons (Fsp3) is 0.346. The van der Waals surface area contributed by atoms with E-state index in [2.05, 4.69) is 5.32 Å². The molecule has 2 aromatic carbocycles. The van der Waals surface area contributed by atoms with Crippen LogP contribution in [0.3, 0.4) is 0 Å². The van der Waals surface area contributed by atoms with Crippen LogP contribution in [0, 0.1) is 0 Å². The Labute approximate surface area is 212 Å². The second kappa shape index (κ2) is 9.92. The Morgan fingerprint density at radius 3 is 2.35 bits per heavy atom. The summed E-state index contributed by atoms with van der Waals surface area (Å²) in [5.74, 6) is -0.661. The molecule has 3 aliphatic rings. The van der Waals surface area contributed by atoms with Crippen LogP contribution in [0.5, 0.6) is 5.75 Å². The summed E-state index contributed by atoms with van der Waals surface area (Å²) in [6.07, 6.45) is -0.494. The van der Waals surface area contributed by atoms with Crippen molar-refractivity contribution >= 4 is 29.7 Å². The first-order valence-corrected chi connectivity index (χ1v) is 12.1. The molecule has 3 heterocycles. The Kier molecular flexibility index (Phi) is 6.51. The van der Waals surface area contributed by atoms with Crippen molar-refractivity contribution in [1.82, 2.24) is 20.0 Å². The van der Waals surface area contributed by atoms with Crippen molar-refractivity contribution in [3.05, 3.63) is 64.7 Å². The zero-order valence-electron chi connectivity index (χ0n) is 20.0. The van der Waals surface area contributed by atoms with Gasteiger partial charge in [-0.1, -0.05) is 18.2 Å². The number of carbonyl (C=O) groups excluding carboxylic acids is 4. The zero-order chi connectivity index (χ0) is 26.1. The van der Waals surface area contributed by atoms with Crippen molar-refractivity contribution in [2.75, 3.05) is 26.2 Å². The van der Waals surface area contributed by atoms with Crippen LogP contribution < -0.4 is 10.1 Å². The number of fused-ring (bicyclic) bond motifs is 1. The quantitative estimate of drug-likeness (QED) is 0.586. The van der Waals surface area contributed by atoms with E-state index in [0.29, 0.717) is 42.0 Å². The van der Waals surface area contributed by atoms with Gasteiger partial charge in [0.1, 0.15) is 18.4 Å². The highest BCUT2D eigenvalue weighted by Gasteiger charge is 2.40. The second-order valence-corrected chi connectivity index (χ2v) is 9.23. The minimum absolute atomic E-state index is 0.148. The number of piperidine rings is 1. The third-order valence-electron chi connectivity index (χ3n) is 6.97.